The summed E-state index contributed by atoms with van der Waals surface area (Å²) in [5.41, 5.74) is 3.79. The normalized spacial score (nSPS) is 21.8. The molecule has 2 aliphatic heterocycles. The lowest BCUT2D eigenvalue weighted by atomic mass is 9.83. The standard InChI is InChI=1S/C26H24ClNO5S/c1-2-28(21-6-4-3-5-20(21)27)34(31,32)23-15-22-24(16-7-11-18(29)12-8-16)25(26(23)33-22)17-9-13-19(30)14-10-17/h3-14,22-23,26,29-30H,2,15H2,1H3/t22-,23+,26+/m0/s1. The maximum absolute atomic E-state index is 13.9. The van der Waals surface area contributed by atoms with Crippen LogP contribution in [0.4, 0.5) is 5.69 Å². The number of halogens is 1. The third-order valence-electron chi connectivity index (χ3n) is 6.45. The molecule has 0 aromatic heterocycles. The van der Waals surface area contributed by atoms with Gasteiger partial charge >= 0.3 is 0 Å². The number of para-hydroxylation sites is 1. The van der Waals surface area contributed by atoms with Crippen molar-refractivity contribution in [1.82, 2.24) is 0 Å². The molecular formula is C26H24ClNO5S. The fourth-order valence-corrected chi connectivity index (χ4v) is 7.29. The molecule has 0 unspecified atom stereocenters. The van der Waals surface area contributed by atoms with E-state index >= 15 is 0 Å². The second-order valence-electron chi connectivity index (χ2n) is 8.40. The van der Waals surface area contributed by atoms with Crippen molar-refractivity contribution in [1.29, 1.82) is 0 Å². The molecule has 0 aliphatic carbocycles. The molecule has 2 bridgehead atoms. The Morgan fingerprint density at radius 3 is 2.03 bits per heavy atom. The van der Waals surface area contributed by atoms with Gasteiger partial charge in [0.25, 0.3) is 0 Å². The number of anilines is 1. The van der Waals surface area contributed by atoms with E-state index in [4.69, 9.17) is 16.3 Å². The van der Waals surface area contributed by atoms with Gasteiger partial charge in [0.2, 0.25) is 10.0 Å². The number of nitrogens with zero attached hydrogens (tertiary/aromatic N) is 1. The van der Waals surface area contributed by atoms with Gasteiger partial charge in [-0.3, -0.25) is 4.31 Å². The number of aromatic hydroxyl groups is 2. The molecule has 3 aromatic rings. The highest BCUT2D eigenvalue weighted by molar-refractivity contribution is 7.93. The number of rotatable bonds is 6. The summed E-state index contributed by atoms with van der Waals surface area (Å²) < 4.78 is 35.5. The number of benzene rings is 3. The Morgan fingerprint density at radius 2 is 1.47 bits per heavy atom. The van der Waals surface area contributed by atoms with Crippen LogP contribution >= 0.6 is 11.6 Å². The average Bonchev–Trinajstić information content (AvgIpc) is 3.41. The molecule has 8 heteroatoms. The van der Waals surface area contributed by atoms with Crippen LogP contribution in [0.3, 0.4) is 0 Å². The van der Waals surface area contributed by atoms with E-state index in [1.165, 1.54) is 4.31 Å². The molecule has 0 spiro atoms. The average molecular weight is 498 g/mol. The van der Waals surface area contributed by atoms with Gasteiger partial charge in [-0.2, -0.15) is 0 Å². The number of ether oxygens (including phenoxy) is 1. The summed E-state index contributed by atoms with van der Waals surface area (Å²) in [4.78, 5) is 0. The molecular weight excluding hydrogens is 474 g/mol. The minimum Gasteiger partial charge on any atom is -0.508 e. The Kier molecular flexibility index (Phi) is 5.80. The summed E-state index contributed by atoms with van der Waals surface area (Å²) in [6.45, 7) is 2.02. The minimum atomic E-state index is -3.82. The van der Waals surface area contributed by atoms with Crippen LogP contribution in [-0.2, 0) is 14.8 Å². The van der Waals surface area contributed by atoms with Crippen LogP contribution < -0.4 is 4.31 Å². The molecule has 3 aromatic carbocycles. The highest BCUT2D eigenvalue weighted by atomic mass is 35.5. The van der Waals surface area contributed by atoms with Gasteiger partial charge in [0.05, 0.1) is 16.8 Å². The third kappa shape index (κ3) is 3.74. The van der Waals surface area contributed by atoms with E-state index in [-0.39, 0.29) is 18.0 Å². The molecule has 34 heavy (non-hydrogen) atoms. The van der Waals surface area contributed by atoms with Crippen molar-refractivity contribution < 1.29 is 23.4 Å². The predicted molar refractivity (Wildman–Crippen MR) is 133 cm³/mol. The maximum atomic E-state index is 13.9. The number of sulfonamides is 1. The Labute approximate surface area is 203 Å². The molecule has 3 atom stereocenters. The molecule has 5 rings (SSSR count). The van der Waals surface area contributed by atoms with Crippen molar-refractivity contribution in [3.05, 3.63) is 88.9 Å². The summed E-state index contributed by atoms with van der Waals surface area (Å²) in [7, 11) is -3.82. The molecule has 176 valence electrons. The fraction of sp³-hybridized carbons (Fsp3) is 0.231. The Bertz CT molecular complexity index is 1350. The van der Waals surface area contributed by atoms with E-state index in [0.717, 1.165) is 22.3 Å². The topological polar surface area (TPSA) is 87.1 Å². The van der Waals surface area contributed by atoms with Gasteiger partial charge in [-0.05, 0) is 72.0 Å². The number of phenols is 2. The maximum Gasteiger partial charge on any atom is 0.241 e. The largest absolute Gasteiger partial charge is 0.508 e. The summed E-state index contributed by atoms with van der Waals surface area (Å²) in [6, 6.07) is 20.4. The molecule has 2 aliphatic rings. The third-order valence-corrected chi connectivity index (χ3v) is 9.04. The summed E-state index contributed by atoms with van der Waals surface area (Å²) in [5, 5.41) is 19.1. The molecule has 0 radical (unpaired) electrons. The van der Waals surface area contributed by atoms with E-state index in [1.807, 2.05) is 0 Å². The van der Waals surface area contributed by atoms with Gasteiger partial charge in [-0.25, -0.2) is 8.42 Å². The van der Waals surface area contributed by atoms with Crippen molar-refractivity contribution in [3.8, 4) is 11.5 Å². The first-order chi connectivity index (χ1) is 16.3. The monoisotopic (exact) mass is 497 g/mol. The highest BCUT2D eigenvalue weighted by Crippen LogP contribution is 2.51. The SMILES string of the molecule is CCN(c1ccccc1Cl)S(=O)(=O)[C@@H]1C[C@@H]2O[C@H]1C(c1ccc(O)cc1)=C2c1ccc(O)cc1. The van der Waals surface area contributed by atoms with E-state index in [1.54, 1.807) is 79.7 Å². The lowest BCUT2D eigenvalue weighted by Crippen LogP contribution is -2.43. The van der Waals surface area contributed by atoms with Crippen molar-refractivity contribution in [2.24, 2.45) is 0 Å². The van der Waals surface area contributed by atoms with Gasteiger partial charge in [-0.1, -0.05) is 48.0 Å². The van der Waals surface area contributed by atoms with Crippen LogP contribution in [0.15, 0.2) is 72.8 Å². The van der Waals surface area contributed by atoms with Gasteiger partial charge in [-0.15, -0.1) is 0 Å². The van der Waals surface area contributed by atoms with Crippen LogP contribution in [0.2, 0.25) is 5.02 Å². The molecule has 1 fully saturated rings. The van der Waals surface area contributed by atoms with Crippen LogP contribution in [0.25, 0.3) is 11.1 Å². The van der Waals surface area contributed by atoms with E-state index in [2.05, 4.69) is 0 Å². The highest BCUT2D eigenvalue weighted by Gasteiger charge is 2.54. The molecule has 0 amide bonds. The Hall–Kier alpha value is -3.00. The minimum absolute atomic E-state index is 0.125. The number of hydrogen-bond acceptors (Lipinski definition) is 5. The summed E-state index contributed by atoms with van der Waals surface area (Å²) in [6.07, 6.45) is -0.783. The lowest BCUT2D eigenvalue weighted by Gasteiger charge is -2.31. The molecule has 6 nitrogen and oxygen atoms in total. The van der Waals surface area contributed by atoms with Crippen molar-refractivity contribution in [3.63, 3.8) is 0 Å². The summed E-state index contributed by atoms with van der Waals surface area (Å²) >= 11 is 6.35. The second kappa shape index (κ2) is 8.65. The lowest BCUT2D eigenvalue weighted by molar-refractivity contribution is 0.128. The zero-order valence-electron chi connectivity index (χ0n) is 18.4. The predicted octanol–water partition coefficient (Wildman–Crippen LogP) is 5.06. The van der Waals surface area contributed by atoms with Gasteiger partial charge in [0.15, 0.2) is 0 Å². The number of hydrogen-bond donors (Lipinski definition) is 2. The fourth-order valence-electron chi connectivity index (χ4n) is 4.95. The van der Waals surface area contributed by atoms with Crippen LogP contribution in [-0.4, -0.2) is 42.6 Å². The quantitative estimate of drug-likeness (QED) is 0.497. The van der Waals surface area contributed by atoms with Gasteiger partial charge in [0.1, 0.15) is 22.9 Å². The van der Waals surface area contributed by atoms with Crippen molar-refractivity contribution in [2.75, 3.05) is 10.8 Å². The molecule has 2 N–H and O–H groups in total. The summed E-state index contributed by atoms with van der Waals surface area (Å²) in [5.74, 6) is 0.276. The van der Waals surface area contributed by atoms with Crippen LogP contribution in [0, 0.1) is 0 Å². The van der Waals surface area contributed by atoms with Gasteiger partial charge in [0, 0.05) is 6.54 Å². The zero-order chi connectivity index (χ0) is 24.0. The van der Waals surface area contributed by atoms with Gasteiger partial charge < -0.3 is 14.9 Å². The number of phenolic OH excluding ortho intramolecular Hbond substituents is 2. The van der Waals surface area contributed by atoms with E-state index < -0.39 is 27.5 Å². The molecule has 1 saturated heterocycles. The van der Waals surface area contributed by atoms with E-state index in [9.17, 15) is 18.6 Å². The van der Waals surface area contributed by atoms with E-state index in [0.29, 0.717) is 17.1 Å². The second-order valence-corrected chi connectivity index (χ2v) is 10.9. The first-order valence-electron chi connectivity index (χ1n) is 11.1. The van der Waals surface area contributed by atoms with Crippen LogP contribution in [0.5, 0.6) is 11.5 Å². The van der Waals surface area contributed by atoms with Crippen LogP contribution in [0.1, 0.15) is 24.5 Å². The van der Waals surface area contributed by atoms with Crippen molar-refractivity contribution >= 4 is 38.5 Å². The zero-order valence-corrected chi connectivity index (χ0v) is 20.0. The Balaban J connectivity index is 1.61. The number of fused-ring (bicyclic) bond motifs is 2. The first kappa shape index (κ1) is 22.8. The van der Waals surface area contributed by atoms with Crippen molar-refractivity contribution in [2.45, 2.75) is 30.8 Å². The first-order valence-corrected chi connectivity index (χ1v) is 12.9. The molecule has 2 heterocycles. The smallest absolute Gasteiger partial charge is 0.241 e. The Morgan fingerprint density at radius 1 is 0.912 bits per heavy atom. The molecule has 0 saturated carbocycles.